The maximum Gasteiger partial charge on any atom is 0.108 e. The third kappa shape index (κ3) is 2.31. The lowest BCUT2D eigenvalue weighted by molar-refractivity contribution is 0.165. The Morgan fingerprint density at radius 3 is 2.75 bits per heavy atom. The summed E-state index contributed by atoms with van der Waals surface area (Å²) in [5.41, 5.74) is 0. The lowest BCUT2D eigenvalue weighted by Gasteiger charge is -2.36. The van der Waals surface area contributed by atoms with Gasteiger partial charge < -0.3 is 4.57 Å². The average molecular weight is 220 g/mol. The fourth-order valence-electron chi connectivity index (χ4n) is 3.08. The molecule has 0 N–H and O–H groups in total. The van der Waals surface area contributed by atoms with Gasteiger partial charge in [-0.2, -0.15) is 0 Å². The molecule has 2 atom stereocenters. The first kappa shape index (κ1) is 11.7. The predicted octanol–water partition coefficient (Wildman–Crippen LogP) is 3.37. The number of rotatable bonds is 3. The molecule has 1 aromatic rings. The summed E-state index contributed by atoms with van der Waals surface area (Å²) in [5, 5.41) is 0. The van der Waals surface area contributed by atoms with E-state index in [-0.39, 0.29) is 0 Å². The monoisotopic (exact) mass is 220 g/mol. The van der Waals surface area contributed by atoms with Crippen LogP contribution in [0, 0.1) is 23.7 Å². The molecule has 0 saturated heterocycles. The van der Waals surface area contributed by atoms with E-state index in [1.807, 2.05) is 6.20 Å². The molecule has 1 aromatic heterocycles. The Balaban J connectivity index is 2.16. The van der Waals surface area contributed by atoms with Gasteiger partial charge in [-0.25, -0.2) is 4.98 Å². The van der Waals surface area contributed by atoms with Gasteiger partial charge in [0.05, 0.1) is 0 Å². The normalized spacial score (nSPS) is 25.1. The van der Waals surface area contributed by atoms with Crippen LogP contribution in [0.3, 0.4) is 0 Å². The van der Waals surface area contributed by atoms with Crippen molar-refractivity contribution in [1.29, 1.82) is 0 Å². The summed E-state index contributed by atoms with van der Waals surface area (Å²) in [6.45, 7) is 10.6. The highest BCUT2D eigenvalue weighted by molar-refractivity contribution is 5.00. The quantitative estimate of drug-likeness (QED) is 0.763. The van der Waals surface area contributed by atoms with E-state index in [0.29, 0.717) is 0 Å². The number of hydrogen-bond acceptors (Lipinski definition) is 1. The minimum Gasteiger partial charge on any atom is -0.335 e. The number of imidazole rings is 1. The molecule has 0 spiro atoms. The van der Waals surface area contributed by atoms with Crippen molar-refractivity contribution in [2.75, 3.05) is 0 Å². The molecule has 0 amide bonds. The highest BCUT2D eigenvalue weighted by Crippen LogP contribution is 2.34. The van der Waals surface area contributed by atoms with Gasteiger partial charge in [-0.05, 0) is 30.1 Å². The lowest BCUT2D eigenvalue weighted by Crippen LogP contribution is -2.33. The van der Waals surface area contributed by atoms with Gasteiger partial charge in [0.25, 0.3) is 0 Å². The third-order valence-corrected chi connectivity index (χ3v) is 3.89. The summed E-state index contributed by atoms with van der Waals surface area (Å²) in [6.07, 6.45) is 6.60. The zero-order chi connectivity index (χ0) is 11.7. The summed E-state index contributed by atoms with van der Waals surface area (Å²) in [7, 11) is 0. The van der Waals surface area contributed by atoms with E-state index in [1.54, 1.807) is 0 Å². The molecule has 1 aliphatic heterocycles. The second-order valence-corrected chi connectivity index (χ2v) is 6.00. The molecule has 0 saturated carbocycles. The number of fused-ring (bicyclic) bond motifs is 1. The molecular formula is C14H24N2. The van der Waals surface area contributed by atoms with Gasteiger partial charge in [0, 0.05) is 25.4 Å². The molecule has 2 nitrogen and oxygen atoms in total. The van der Waals surface area contributed by atoms with E-state index < -0.39 is 0 Å². The Kier molecular flexibility index (Phi) is 3.36. The van der Waals surface area contributed by atoms with Gasteiger partial charge in [-0.3, -0.25) is 0 Å². The second kappa shape index (κ2) is 4.60. The van der Waals surface area contributed by atoms with E-state index in [9.17, 15) is 0 Å². The highest BCUT2D eigenvalue weighted by Gasteiger charge is 2.31. The number of nitrogens with zero attached hydrogens (tertiary/aromatic N) is 2. The van der Waals surface area contributed by atoms with Crippen LogP contribution < -0.4 is 0 Å². The fourth-order valence-corrected chi connectivity index (χ4v) is 3.08. The minimum absolute atomic E-state index is 0.777. The molecule has 0 bridgehead atoms. The molecule has 2 heteroatoms. The van der Waals surface area contributed by atoms with Crippen LogP contribution in [0.5, 0.6) is 0 Å². The Hall–Kier alpha value is -0.790. The largest absolute Gasteiger partial charge is 0.335 e. The fraction of sp³-hybridized carbons (Fsp3) is 0.786. The van der Waals surface area contributed by atoms with Crippen LogP contribution in [-0.4, -0.2) is 9.55 Å². The zero-order valence-electron chi connectivity index (χ0n) is 11.0. The van der Waals surface area contributed by atoms with Crippen molar-refractivity contribution in [3.8, 4) is 0 Å². The van der Waals surface area contributed by atoms with Crippen LogP contribution in [0.1, 0.15) is 39.9 Å². The van der Waals surface area contributed by atoms with E-state index in [0.717, 1.165) is 23.7 Å². The number of hydrogen-bond donors (Lipinski definition) is 0. The highest BCUT2D eigenvalue weighted by atomic mass is 15.1. The lowest BCUT2D eigenvalue weighted by atomic mass is 9.75. The first-order chi connectivity index (χ1) is 7.58. The molecule has 1 aliphatic rings. The first-order valence-corrected chi connectivity index (χ1v) is 6.58. The van der Waals surface area contributed by atoms with Gasteiger partial charge in [0.15, 0.2) is 0 Å². The molecular weight excluding hydrogens is 196 g/mol. The second-order valence-electron chi connectivity index (χ2n) is 6.00. The Morgan fingerprint density at radius 2 is 2.12 bits per heavy atom. The third-order valence-electron chi connectivity index (χ3n) is 3.89. The Labute approximate surface area is 99.1 Å². The van der Waals surface area contributed by atoms with Crippen molar-refractivity contribution in [2.24, 2.45) is 23.7 Å². The first-order valence-electron chi connectivity index (χ1n) is 6.58. The van der Waals surface area contributed by atoms with Crippen molar-refractivity contribution >= 4 is 0 Å². The summed E-state index contributed by atoms with van der Waals surface area (Å²) in [5.74, 6) is 4.52. The topological polar surface area (TPSA) is 17.8 Å². The van der Waals surface area contributed by atoms with Gasteiger partial charge in [-0.15, -0.1) is 0 Å². The van der Waals surface area contributed by atoms with Gasteiger partial charge in [0.1, 0.15) is 5.82 Å². The van der Waals surface area contributed by atoms with Crippen LogP contribution in [0.2, 0.25) is 0 Å². The average Bonchev–Trinajstić information content (AvgIpc) is 2.62. The van der Waals surface area contributed by atoms with Crippen LogP contribution >= 0.6 is 0 Å². The van der Waals surface area contributed by atoms with Crippen LogP contribution in [0.15, 0.2) is 12.4 Å². The Bertz CT molecular complexity index is 338. The van der Waals surface area contributed by atoms with Crippen LogP contribution in [0.4, 0.5) is 0 Å². The van der Waals surface area contributed by atoms with Crippen molar-refractivity contribution < 1.29 is 0 Å². The van der Waals surface area contributed by atoms with E-state index in [1.165, 1.54) is 25.2 Å². The van der Waals surface area contributed by atoms with Crippen molar-refractivity contribution in [3.05, 3.63) is 18.2 Å². The predicted molar refractivity (Wildman–Crippen MR) is 67.2 cm³/mol. The van der Waals surface area contributed by atoms with Crippen LogP contribution in [-0.2, 0) is 13.0 Å². The molecule has 0 radical (unpaired) electrons. The zero-order valence-corrected chi connectivity index (χ0v) is 11.0. The maximum atomic E-state index is 4.47. The molecule has 16 heavy (non-hydrogen) atoms. The van der Waals surface area contributed by atoms with Crippen molar-refractivity contribution in [3.63, 3.8) is 0 Å². The summed E-state index contributed by atoms with van der Waals surface area (Å²) < 4.78 is 2.35. The molecule has 2 unspecified atom stereocenters. The molecule has 2 heterocycles. The maximum absolute atomic E-state index is 4.47. The van der Waals surface area contributed by atoms with Gasteiger partial charge in [0.2, 0.25) is 0 Å². The van der Waals surface area contributed by atoms with Crippen molar-refractivity contribution in [1.82, 2.24) is 9.55 Å². The number of aromatic nitrogens is 2. The standard InChI is InChI=1S/C14H24N2/c1-10(2)7-12-8-14-15-5-6-16(14)9-13(12)11(3)4/h5-6,10-13H,7-9H2,1-4H3. The molecule has 0 fully saturated rings. The summed E-state index contributed by atoms with van der Waals surface area (Å²) in [6, 6.07) is 0. The van der Waals surface area contributed by atoms with Gasteiger partial charge in [-0.1, -0.05) is 27.7 Å². The van der Waals surface area contributed by atoms with Gasteiger partial charge >= 0.3 is 0 Å². The SMILES string of the molecule is CC(C)CC1Cc2nccn2CC1C(C)C. The summed E-state index contributed by atoms with van der Waals surface area (Å²) >= 11 is 0. The van der Waals surface area contributed by atoms with E-state index >= 15 is 0 Å². The van der Waals surface area contributed by atoms with E-state index in [2.05, 4.69) is 43.4 Å². The minimum atomic E-state index is 0.777. The molecule has 0 aliphatic carbocycles. The van der Waals surface area contributed by atoms with Crippen LogP contribution in [0.25, 0.3) is 0 Å². The summed E-state index contributed by atoms with van der Waals surface area (Å²) in [4.78, 5) is 4.47. The van der Waals surface area contributed by atoms with Crippen molar-refractivity contribution in [2.45, 2.75) is 47.1 Å². The molecule has 0 aromatic carbocycles. The molecule has 90 valence electrons. The van der Waals surface area contributed by atoms with E-state index in [4.69, 9.17) is 0 Å². The smallest absolute Gasteiger partial charge is 0.108 e. The molecule has 2 rings (SSSR count). The Morgan fingerprint density at radius 1 is 1.38 bits per heavy atom.